The van der Waals surface area contributed by atoms with Crippen molar-refractivity contribution in [3.05, 3.63) is 65.7 Å². The maximum Gasteiger partial charge on any atom is 0.244 e. The molecule has 5 nitrogen and oxygen atoms in total. The number of carbonyl (C=O) groups is 1. The fourth-order valence-corrected chi connectivity index (χ4v) is 3.54. The molecule has 1 amide bonds. The van der Waals surface area contributed by atoms with Gasteiger partial charge < -0.3 is 14.8 Å². The van der Waals surface area contributed by atoms with Gasteiger partial charge in [-0.05, 0) is 48.7 Å². The highest BCUT2D eigenvalue weighted by atomic mass is 16.5. The van der Waals surface area contributed by atoms with Crippen LogP contribution in [0.25, 0.3) is 6.08 Å². The molecule has 1 fully saturated rings. The molecule has 1 aliphatic heterocycles. The van der Waals surface area contributed by atoms with Crippen LogP contribution in [0.4, 0.5) is 0 Å². The number of ether oxygens (including phenoxy) is 2. The summed E-state index contributed by atoms with van der Waals surface area (Å²) in [5, 5.41) is 3.13. The third-order valence-electron chi connectivity index (χ3n) is 4.94. The molecule has 1 saturated heterocycles. The molecule has 2 aromatic rings. The largest absolute Gasteiger partial charge is 0.493 e. The summed E-state index contributed by atoms with van der Waals surface area (Å²) in [6, 6.07) is 16.2. The molecule has 0 radical (unpaired) electrons. The van der Waals surface area contributed by atoms with Crippen LogP contribution in [0.15, 0.2) is 54.6 Å². The van der Waals surface area contributed by atoms with Crippen LogP contribution in [0.1, 0.15) is 24.0 Å². The van der Waals surface area contributed by atoms with E-state index in [0.29, 0.717) is 11.5 Å². The van der Waals surface area contributed by atoms with Crippen molar-refractivity contribution in [3.63, 3.8) is 0 Å². The van der Waals surface area contributed by atoms with E-state index in [1.165, 1.54) is 5.56 Å². The van der Waals surface area contributed by atoms with E-state index in [9.17, 15) is 4.79 Å². The maximum atomic E-state index is 12.4. The summed E-state index contributed by atoms with van der Waals surface area (Å²) in [7, 11) is 3.20. The molecule has 0 bridgehead atoms. The zero-order valence-corrected chi connectivity index (χ0v) is 16.6. The maximum absolute atomic E-state index is 12.4. The van der Waals surface area contributed by atoms with Crippen molar-refractivity contribution in [3.8, 4) is 11.5 Å². The van der Waals surface area contributed by atoms with Crippen molar-refractivity contribution < 1.29 is 14.3 Å². The van der Waals surface area contributed by atoms with Gasteiger partial charge in [0.05, 0.1) is 14.2 Å². The lowest BCUT2D eigenvalue weighted by atomic mass is 10.0. The smallest absolute Gasteiger partial charge is 0.244 e. The Morgan fingerprint density at radius 3 is 2.68 bits per heavy atom. The lowest BCUT2D eigenvalue weighted by Gasteiger charge is -2.33. The van der Waals surface area contributed by atoms with Crippen molar-refractivity contribution in [2.45, 2.75) is 25.4 Å². The number of hydrogen-bond donors (Lipinski definition) is 1. The molecular formula is C23H28N2O3. The zero-order chi connectivity index (χ0) is 19.8. The molecule has 0 spiro atoms. The first-order valence-electron chi connectivity index (χ1n) is 9.65. The average Bonchev–Trinajstić information content (AvgIpc) is 2.73. The Bertz CT molecular complexity index is 805. The molecule has 1 N–H and O–H groups in total. The molecule has 0 aromatic heterocycles. The van der Waals surface area contributed by atoms with Gasteiger partial charge in [0, 0.05) is 25.2 Å². The number of amides is 1. The van der Waals surface area contributed by atoms with Gasteiger partial charge in [0.2, 0.25) is 5.91 Å². The standard InChI is InChI=1S/C23H28N2O3/c1-27-21-12-10-18(15-22(21)28-2)11-13-23(26)24-20-9-6-14-25(17-20)16-19-7-4-3-5-8-19/h3-5,7-8,10-13,15,20H,6,9,14,16-17H2,1-2H3,(H,24,26). The Morgan fingerprint density at radius 1 is 1.14 bits per heavy atom. The Morgan fingerprint density at radius 2 is 1.93 bits per heavy atom. The van der Waals surface area contributed by atoms with Crippen LogP contribution in [0.2, 0.25) is 0 Å². The average molecular weight is 380 g/mol. The lowest BCUT2D eigenvalue weighted by molar-refractivity contribution is -0.117. The van der Waals surface area contributed by atoms with Crippen LogP contribution in [-0.4, -0.2) is 44.2 Å². The summed E-state index contributed by atoms with van der Waals surface area (Å²) < 4.78 is 10.5. The second-order valence-corrected chi connectivity index (χ2v) is 7.02. The first-order chi connectivity index (χ1) is 13.7. The minimum Gasteiger partial charge on any atom is -0.493 e. The number of rotatable bonds is 7. The molecule has 3 rings (SSSR count). The Hall–Kier alpha value is -2.79. The molecule has 1 aliphatic rings. The second-order valence-electron chi connectivity index (χ2n) is 7.02. The van der Waals surface area contributed by atoms with Crippen LogP contribution >= 0.6 is 0 Å². The lowest BCUT2D eigenvalue weighted by Crippen LogP contribution is -2.46. The van der Waals surface area contributed by atoms with Crippen LogP contribution in [0.5, 0.6) is 11.5 Å². The Kier molecular flexibility index (Phi) is 7.09. The van der Waals surface area contributed by atoms with Gasteiger partial charge in [0.25, 0.3) is 0 Å². The quantitative estimate of drug-likeness (QED) is 0.747. The number of likely N-dealkylation sites (tertiary alicyclic amines) is 1. The topological polar surface area (TPSA) is 50.8 Å². The SMILES string of the molecule is COc1ccc(C=CC(=O)NC2CCCN(Cc3ccccc3)C2)cc1OC. The van der Waals surface area contributed by atoms with Gasteiger partial charge in [-0.25, -0.2) is 0 Å². The van der Waals surface area contributed by atoms with Crippen molar-refractivity contribution in [1.29, 1.82) is 0 Å². The number of benzene rings is 2. The van der Waals surface area contributed by atoms with E-state index in [-0.39, 0.29) is 11.9 Å². The van der Waals surface area contributed by atoms with Crippen LogP contribution < -0.4 is 14.8 Å². The molecule has 1 unspecified atom stereocenters. The molecular weight excluding hydrogens is 352 g/mol. The van der Waals surface area contributed by atoms with E-state index in [4.69, 9.17) is 9.47 Å². The van der Waals surface area contributed by atoms with Crippen molar-refractivity contribution >= 4 is 12.0 Å². The van der Waals surface area contributed by atoms with Gasteiger partial charge in [-0.15, -0.1) is 0 Å². The van der Waals surface area contributed by atoms with E-state index < -0.39 is 0 Å². The van der Waals surface area contributed by atoms with Gasteiger partial charge in [-0.2, -0.15) is 0 Å². The normalized spacial score (nSPS) is 17.4. The third kappa shape index (κ3) is 5.60. The van der Waals surface area contributed by atoms with Gasteiger partial charge in [-0.1, -0.05) is 36.4 Å². The number of piperidine rings is 1. The van der Waals surface area contributed by atoms with Gasteiger partial charge in [0.15, 0.2) is 11.5 Å². The number of nitrogens with one attached hydrogen (secondary N) is 1. The summed E-state index contributed by atoms with van der Waals surface area (Å²) >= 11 is 0. The van der Waals surface area contributed by atoms with Gasteiger partial charge in [0.1, 0.15) is 0 Å². The van der Waals surface area contributed by atoms with Crippen LogP contribution in [0, 0.1) is 0 Å². The Balaban J connectivity index is 1.53. The minimum atomic E-state index is -0.0682. The molecule has 1 heterocycles. The highest BCUT2D eigenvalue weighted by Crippen LogP contribution is 2.27. The fraction of sp³-hybridized carbons (Fsp3) is 0.348. The predicted molar refractivity (Wildman–Crippen MR) is 111 cm³/mol. The Labute approximate surface area is 167 Å². The molecule has 0 aliphatic carbocycles. The number of hydrogen-bond acceptors (Lipinski definition) is 4. The molecule has 148 valence electrons. The van der Waals surface area contributed by atoms with Crippen molar-refractivity contribution in [1.82, 2.24) is 10.2 Å². The second kappa shape index (κ2) is 9.95. The summed E-state index contributed by atoms with van der Waals surface area (Å²) in [6.45, 7) is 2.88. The molecule has 5 heteroatoms. The number of methoxy groups -OCH3 is 2. The van der Waals surface area contributed by atoms with Crippen LogP contribution in [0.3, 0.4) is 0 Å². The molecule has 0 saturated carbocycles. The van der Waals surface area contributed by atoms with E-state index >= 15 is 0 Å². The highest BCUT2D eigenvalue weighted by Gasteiger charge is 2.20. The minimum absolute atomic E-state index is 0.0682. The van der Waals surface area contributed by atoms with Crippen LogP contribution in [-0.2, 0) is 11.3 Å². The molecule has 28 heavy (non-hydrogen) atoms. The van der Waals surface area contributed by atoms with E-state index in [1.54, 1.807) is 26.4 Å². The third-order valence-corrected chi connectivity index (χ3v) is 4.94. The predicted octanol–water partition coefficient (Wildman–Crippen LogP) is 3.50. The van der Waals surface area contributed by atoms with Gasteiger partial charge in [-0.3, -0.25) is 9.69 Å². The summed E-state index contributed by atoms with van der Waals surface area (Å²) in [4.78, 5) is 14.8. The fourth-order valence-electron chi connectivity index (χ4n) is 3.54. The first-order valence-corrected chi connectivity index (χ1v) is 9.65. The summed E-state index contributed by atoms with van der Waals surface area (Å²) in [5.74, 6) is 1.25. The van der Waals surface area contributed by atoms with Gasteiger partial charge >= 0.3 is 0 Å². The summed E-state index contributed by atoms with van der Waals surface area (Å²) in [5.41, 5.74) is 2.20. The van der Waals surface area contributed by atoms with E-state index in [0.717, 1.165) is 38.0 Å². The highest BCUT2D eigenvalue weighted by molar-refractivity contribution is 5.92. The number of nitrogens with zero attached hydrogens (tertiary/aromatic N) is 1. The summed E-state index contributed by atoms with van der Waals surface area (Å²) in [6.07, 6.45) is 5.48. The number of carbonyl (C=O) groups excluding carboxylic acids is 1. The van der Waals surface area contributed by atoms with Crippen molar-refractivity contribution in [2.24, 2.45) is 0 Å². The monoisotopic (exact) mass is 380 g/mol. The van der Waals surface area contributed by atoms with E-state index in [1.807, 2.05) is 24.3 Å². The van der Waals surface area contributed by atoms with Crippen molar-refractivity contribution in [2.75, 3.05) is 27.3 Å². The first kappa shape index (κ1) is 20.0. The molecule has 2 aromatic carbocycles. The zero-order valence-electron chi connectivity index (χ0n) is 16.6. The molecule has 1 atom stereocenters. The van der Waals surface area contributed by atoms with E-state index in [2.05, 4.69) is 34.5 Å².